The number of aryl methyl sites for hydroxylation is 1. The van der Waals surface area contributed by atoms with Crippen LogP contribution in [0.3, 0.4) is 0 Å². The fourth-order valence-electron chi connectivity index (χ4n) is 3.55. The summed E-state index contributed by atoms with van der Waals surface area (Å²) in [5, 5.41) is 3.20. The molecule has 2 aromatic heterocycles. The number of hydrogen-bond donors (Lipinski definition) is 1. The number of nitrogens with one attached hydrogen (secondary N) is 1. The fraction of sp³-hybridized carbons (Fsp3) is 0.0800. The summed E-state index contributed by atoms with van der Waals surface area (Å²) in [7, 11) is 0. The SMILES string of the molecule is Cc1ccc(N2CC=CN(c3ccc(F)cc3)C2=O)cc1Nc1ncc(-c2ccncc2)o1. The number of hydrogen-bond acceptors (Lipinski definition) is 5. The number of halogens is 1. The van der Waals surface area contributed by atoms with Gasteiger partial charge < -0.3 is 9.73 Å². The number of oxazole rings is 1. The van der Waals surface area contributed by atoms with Gasteiger partial charge in [0.1, 0.15) is 5.82 Å². The molecule has 0 saturated carbocycles. The van der Waals surface area contributed by atoms with Crippen molar-refractivity contribution in [2.24, 2.45) is 0 Å². The number of carbonyl (C=O) groups excluding carboxylic acids is 1. The maximum Gasteiger partial charge on any atom is 0.333 e. The third-order valence-electron chi connectivity index (χ3n) is 5.33. The van der Waals surface area contributed by atoms with Gasteiger partial charge in [0.25, 0.3) is 6.01 Å². The van der Waals surface area contributed by atoms with E-state index in [4.69, 9.17) is 4.42 Å². The van der Waals surface area contributed by atoms with Gasteiger partial charge in [-0.15, -0.1) is 0 Å². The minimum atomic E-state index is -0.350. The average molecular weight is 441 g/mol. The molecule has 1 aliphatic rings. The molecule has 8 heteroatoms. The van der Waals surface area contributed by atoms with Gasteiger partial charge in [0, 0.05) is 42.1 Å². The predicted molar refractivity (Wildman–Crippen MR) is 125 cm³/mol. The van der Waals surface area contributed by atoms with Gasteiger partial charge in [-0.2, -0.15) is 0 Å². The molecule has 0 atom stereocenters. The van der Waals surface area contributed by atoms with Gasteiger partial charge in [-0.1, -0.05) is 6.07 Å². The molecule has 5 rings (SSSR count). The van der Waals surface area contributed by atoms with Crippen LogP contribution in [0.2, 0.25) is 0 Å². The van der Waals surface area contributed by atoms with Crippen molar-refractivity contribution in [3.63, 3.8) is 0 Å². The van der Waals surface area contributed by atoms with Crippen molar-refractivity contribution in [3.05, 3.63) is 96.8 Å². The minimum absolute atomic E-state index is 0.227. The second-order valence-electron chi connectivity index (χ2n) is 7.51. The molecule has 0 spiro atoms. The molecular weight excluding hydrogens is 421 g/mol. The highest BCUT2D eigenvalue weighted by Crippen LogP contribution is 2.30. The second kappa shape index (κ2) is 8.58. The van der Waals surface area contributed by atoms with Gasteiger partial charge in [0.05, 0.1) is 11.9 Å². The summed E-state index contributed by atoms with van der Waals surface area (Å²) in [4.78, 5) is 24.6. The van der Waals surface area contributed by atoms with Crippen molar-refractivity contribution < 1.29 is 13.6 Å². The van der Waals surface area contributed by atoms with E-state index in [1.54, 1.807) is 41.8 Å². The summed E-state index contributed by atoms with van der Waals surface area (Å²) in [5.41, 5.74) is 3.92. The quantitative estimate of drug-likeness (QED) is 0.418. The Kier molecular flexibility index (Phi) is 5.32. The summed E-state index contributed by atoms with van der Waals surface area (Å²) in [6.07, 6.45) is 8.62. The number of rotatable bonds is 5. The topological polar surface area (TPSA) is 74.5 Å². The van der Waals surface area contributed by atoms with Crippen molar-refractivity contribution in [3.8, 4) is 11.3 Å². The maximum atomic E-state index is 13.3. The minimum Gasteiger partial charge on any atom is -0.423 e. The summed E-state index contributed by atoms with van der Waals surface area (Å²) < 4.78 is 19.1. The molecule has 33 heavy (non-hydrogen) atoms. The molecule has 0 unspecified atom stereocenters. The van der Waals surface area contributed by atoms with E-state index in [0.29, 0.717) is 29.7 Å². The molecular formula is C25H20FN5O2. The zero-order valence-corrected chi connectivity index (χ0v) is 17.8. The van der Waals surface area contributed by atoms with Crippen molar-refractivity contribution in [2.75, 3.05) is 21.7 Å². The number of pyridine rings is 1. The lowest BCUT2D eigenvalue weighted by atomic mass is 10.1. The molecule has 2 amide bonds. The van der Waals surface area contributed by atoms with Gasteiger partial charge >= 0.3 is 6.03 Å². The predicted octanol–water partition coefficient (Wildman–Crippen LogP) is 5.89. The van der Waals surface area contributed by atoms with E-state index in [2.05, 4.69) is 15.3 Å². The largest absolute Gasteiger partial charge is 0.423 e. The number of nitrogens with zero attached hydrogens (tertiary/aromatic N) is 4. The lowest BCUT2D eigenvalue weighted by Crippen LogP contribution is -2.44. The van der Waals surface area contributed by atoms with E-state index in [0.717, 1.165) is 16.8 Å². The maximum absolute atomic E-state index is 13.3. The van der Waals surface area contributed by atoms with Crippen molar-refractivity contribution in [1.29, 1.82) is 0 Å². The number of anilines is 4. The number of benzene rings is 2. The highest BCUT2D eigenvalue weighted by Gasteiger charge is 2.25. The molecule has 0 fully saturated rings. The molecule has 0 aliphatic carbocycles. The van der Waals surface area contributed by atoms with E-state index in [1.807, 2.05) is 43.3 Å². The average Bonchev–Trinajstić information content (AvgIpc) is 3.31. The molecule has 2 aromatic carbocycles. The number of carbonyl (C=O) groups is 1. The van der Waals surface area contributed by atoms with Crippen LogP contribution in [0.5, 0.6) is 0 Å². The molecule has 7 nitrogen and oxygen atoms in total. The Bertz CT molecular complexity index is 1320. The summed E-state index contributed by atoms with van der Waals surface area (Å²) in [6.45, 7) is 2.38. The Labute approximate surface area is 189 Å². The van der Waals surface area contributed by atoms with Crippen LogP contribution in [0.15, 0.2) is 89.9 Å². The molecule has 1 N–H and O–H groups in total. The first-order valence-corrected chi connectivity index (χ1v) is 10.4. The Morgan fingerprint density at radius 1 is 1.03 bits per heavy atom. The first kappa shape index (κ1) is 20.4. The number of urea groups is 1. The van der Waals surface area contributed by atoms with Crippen molar-refractivity contribution >= 4 is 29.1 Å². The Morgan fingerprint density at radius 3 is 2.58 bits per heavy atom. The highest BCUT2D eigenvalue weighted by atomic mass is 19.1. The second-order valence-corrected chi connectivity index (χ2v) is 7.51. The number of amides is 2. The molecule has 0 bridgehead atoms. The van der Waals surface area contributed by atoms with E-state index in [1.165, 1.54) is 17.0 Å². The lowest BCUT2D eigenvalue weighted by molar-refractivity contribution is 0.253. The molecule has 1 aliphatic heterocycles. The van der Waals surface area contributed by atoms with Gasteiger partial charge in [-0.3, -0.25) is 14.8 Å². The fourth-order valence-corrected chi connectivity index (χ4v) is 3.55. The Hall–Kier alpha value is -4.46. The molecule has 4 aromatic rings. The Morgan fingerprint density at radius 2 is 1.79 bits per heavy atom. The van der Waals surface area contributed by atoms with E-state index < -0.39 is 0 Å². The molecule has 3 heterocycles. The molecule has 0 radical (unpaired) electrons. The van der Waals surface area contributed by atoms with Crippen LogP contribution in [0.1, 0.15) is 5.56 Å². The van der Waals surface area contributed by atoms with Crippen LogP contribution >= 0.6 is 0 Å². The summed E-state index contributed by atoms with van der Waals surface area (Å²) >= 11 is 0. The molecule has 164 valence electrons. The van der Waals surface area contributed by atoms with Crippen LogP contribution in [0.4, 0.5) is 32.3 Å². The van der Waals surface area contributed by atoms with E-state index in [9.17, 15) is 9.18 Å². The van der Waals surface area contributed by atoms with Crippen molar-refractivity contribution in [2.45, 2.75) is 6.92 Å². The molecule has 0 saturated heterocycles. The van der Waals surface area contributed by atoms with Crippen molar-refractivity contribution in [1.82, 2.24) is 9.97 Å². The van der Waals surface area contributed by atoms with Crippen LogP contribution in [-0.4, -0.2) is 22.5 Å². The Balaban J connectivity index is 1.38. The highest BCUT2D eigenvalue weighted by molar-refractivity contribution is 6.06. The third-order valence-corrected chi connectivity index (χ3v) is 5.33. The monoisotopic (exact) mass is 441 g/mol. The van der Waals surface area contributed by atoms with Crippen LogP contribution < -0.4 is 15.1 Å². The first-order valence-electron chi connectivity index (χ1n) is 10.4. The van der Waals surface area contributed by atoms with Gasteiger partial charge in [0.15, 0.2) is 5.76 Å². The lowest BCUT2D eigenvalue weighted by Gasteiger charge is -2.31. The standard InChI is InChI=1S/C25H20FN5O2/c1-17-3-6-21(31-14-2-13-30(25(31)32)20-7-4-19(26)5-8-20)15-22(17)29-24-28-16-23(33-24)18-9-11-27-12-10-18/h2-13,15-16H,14H2,1H3,(H,28,29). The zero-order chi connectivity index (χ0) is 22.8. The van der Waals surface area contributed by atoms with Gasteiger partial charge in [0.2, 0.25) is 0 Å². The summed E-state index contributed by atoms with van der Waals surface area (Å²) in [6, 6.07) is 15.3. The summed E-state index contributed by atoms with van der Waals surface area (Å²) in [5.74, 6) is 0.275. The van der Waals surface area contributed by atoms with Crippen LogP contribution in [0.25, 0.3) is 11.3 Å². The van der Waals surface area contributed by atoms with Gasteiger partial charge in [-0.25, -0.2) is 14.2 Å². The first-order chi connectivity index (χ1) is 16.1. The van der Waals surface area contributed by atoms with Gasteiger partial charge in [-0.05, 0) is 67.1 Å². The normalized spacial score (nSPS) is 13.5. The zero-order valence-electron chi connectivity index (χ0n) is 17.8. The van der Waals surface area contributed by atoms with E-state index in [-0.39, 0.29) is 11.8 Å². The number of aromatic nitrogens is 2. The van der Waals surface area contributed by atoms with Crippen LogP contribution in [0, 0.1) is 12.7 Å². The smallest absolute Gasteiger partial charge is 0.333 e. The van der Waals surface area contributed by atoms with Crippen LogP contribution in [-0.2, 0) is 0 Å². The third kappa shape index (κ3) is 4.18. The van der Waals surface area contributed by atoms with E-state index >= 15 is 0 Å².